The summed E-state index contributed by atoms with van der Waals surface area (Å²) in [7, 11) is 0. The molecule has 3 heterocycles. The minimum Gasteiger partial charge on any atom is -0.386 e. The molecule has 27 heavy (non-hydrogen) atoms. The van der Waals surface area contributed by atoms with Crippen molar-refractivity contribution < 1.29 is 9.90 Å². The van der Waals surface area contributed by atoms with Crippen molar-refractivity contribution in [3.05, 3.63) is 59.8 Å². The van der Waals surface area contributed by atoms with Crippen molar-refractivity contribution in [2.24, 2.45) is 10.7 Å². The molecule has 1 aliphatic rings. The van der Waals surface area contributed by atoms with Crippen molar-refractivity contribution in [2.75, 3.05) is 0 Å². The number of rotatable bonds is 4. The summed E-state index contributed by atoms with van der Waals surface area (Å²) in [6, 6.07) is 7.01. The van der Waals surface area contributed by atoms with Crippen LogP contribution < -0.4 is 5.73 Å². The summed E-state index contributed by atoms with van der Waals surface area (Å²) < 4.78 is 1.76. The van der Waals surface area contributed by atoms with Gasteiger partial charge >= 0.3 is 0 Å². The van der Waals surface area contributed by atoms with E-state index in [9.17, 15) is 9.90 Å². The maximum absolute atomic E-state index is 12.9. The Kier molecular flexibility index (Phi) is 3.81. The molecule has 0 atom stereocenters. The van der Waals surface area contributed by atoms with Crippen LogP contribution in [-0.4, -0.2) is 36.4 Å². The molecule has 1 saturated carbocycles. The van der Waals surface area contributed by atoms with Gasteiger partial charge in [0.15, 0.2) is 11.5 Å². The summed E-state index contributed by atoms with van der Waals surface area (Å²) >= 11 is 0. The highest BCUT2D eigenvalue weighted by Gasteiger charge is 2.55. The molecule has 0 unspecified atom stereocenters. The van der Waals surface area contributed by atoms with Gasteiger partial charge in [-0.3, -0.25) is 14.2 Å². The predicted molar refractivity (Wildman–Crippen MR) is 99.1 cm³/mol. The second-order valence-electron chi connectivity index (χ2n) is 7.32. The molecule has 1 amide bonds. The maximum atomic E-state index is 12.9. The van der Waals surface area contributed by atoms with Gasteiger partial charge in [-0.2, -0.15) is 4.99 Å². The lowest BCUT2D eigenvalue weighted by Crippen LogP contribution is -2.25. The molecule has 3 aromatic heterocycles. The minimum absolute atomic E-state index is 0.152. The van der Waals surface area contributed by atoms with Crippen molar-refractivity contribution >= 4 is 17.4 Å². The van der Waals surface area contributed by atoms with Crippen LogP contribution in [0.4, 0.5) is 0 Å². The number of carbonyl (C=O) groups excluding carboxylic acids is 1. The Morgan fingerprint density at radius 2 is 1.96 bits per heavy atom. The zero-order valence-electron chi connectivity index (χ0n) is 15.1. The molecule has 0 aliphatic heterocycles. The lowest BCUT2D eigenvalue weighted by Gasteiger charge is -2.18. The van der Waals surface area contributed by atoms with Crippen LogP contribution in [0.5, 0.6) is 0 Å². The second-order valence-corrected chi connectivity index (χ2v) is 7.32. The van der Waals surface area contributed by atoms with E-state index < -0.39 is 11.0 Å². The molecule has 0 bridgehead atoms. The Labute approximate surface area is 155 Å². The van der Waals surface area contributed by atoms with Gasteiger partial charge in [-0.15, -0.1) is 10.2 Å². The van der Waals surface area contributed by atoms with E-state index in [4.69, 9.17) is 5.73 Å². The Balaban J connectivity index is 1.74. The standard InChI is InChI=1S/C19H20N6O2/c1-18(2,27)13-4-3-11-25-15(13)23-24-16(25)19(7-8-19)17(26)22-14(20)12-5-9-21-10-6-12/h3-6,9-11,27H,7-8H2,1-2H3,(H2,20,22,26). The Morgan fingerprint density at radius 1 is 1.26 bits per heavy atom. The maximum Gasteiger partial charge on any atom is 0.261 e. The van der Waals surface area contributed by atoms with E-state index in [1.807, 2.05) is 6.07 Å². The lowest BCUT2D eigenvalue weighted by atomic mass is 9.99. The normalized spacial score (nSPS) is 16.5. The Morgan fingerprint density at radius 3 is 2.59 bits per heavy atom. The highest BCUT2D eigenvalue weighted by atomic mass is 16.3. The lowest BCUT2D eigenvalue weighted by molar-refractivity contribution is -0.120. The van der Waals surface area contributed by atoms with E-state index in [-0.39, 0.29) is 11.7 Å². The molecule has 0 saturated heterocycles. The molecule has 0 spiro atoms. The van der Waals surface area contributed by atoms with Gasteiger partial charge in [-0.1, -0.05) is 6.07 Å². The first-order valence-electron chi connectivity index (χ1n) is 8.69. The number of hydrogen-bond acceptors (Lipinski definition) is 5. The molecule has 8 heteroatoms. The van der Waals surface area contributed by atoms with E-state index in [0.717, 1.165) is 0 Å². The number of fused-ring (bicyclic) bond motifs is 1. The third-order valence-corrected chi connectivity index (χ3v) is 4.88. The van der Waals surface area contributed by atoms with Crippen molar-refractivity contribution in [3.63, 3.8) is 0 Å². The molecule has 1 aliphatic carbocycles. The average Bonchev–Trinajstić information content (AvgIpc) is 3.34. The summed E-state index contributed by atoms with van der Waals surface area (Å²) in [4.78, 5) is 21.0. The highest BCUT2D eigenvalue weighted by Crippen LogP contribution is 2.48. The fraction of sp³-hybridized carbons (Fsp3) is 0.316. The van der Waals surface area contributed by atoms with Gasteiger partial charge < -0.3 is 10.8 Å². The van der Waals surface area contributed by atoms with Crippen LogP contribution in [0.25, 0.3) is 5.65 Å². The molecule has 3 N–H and O–H groups in total. The third-order valence-electron chi connectivity index (χ3n) is 4.88. The van der Waals surface area contributed by atoms with Gasteiger partial charge in [0.25, 0.3) is 5.91 Å². The van der Waals surface area contributed by atoms with Crippen LogP contribution in [0, 0.1) is 0 Å². The Hall–Kier alpha value is -3.13. The van der Waals surface area contributed by atoms with Crippen LogP contribution in [0.15, 0.2) is 47.8 Å². The van der Waals surface area contributed by atoms with Crippen molar-refractivity contribution in [1.29, 1.82) is 0 Å². The largest absolute Gasteiger partial charge is 0.386 e. The molecule has 138 valence electrons. The second kappa shape index (κ2) is 5.95. The van der Waals surface area contributed by atoms with Crippen molar-refractivity contribution in [1.82, 2.24) is 19.6 Å². The number of amides is 1. The van der Waals surface area contributed by atoms with E-state index in [1.165, 1.54) is 0 Å². The zero-order chi connectivity index (χ0) is 19.2. The molecular weight excluding hydrogens is 344 g/mol. The number of aliphatic hydroxyl groups is 1. The SMILES string of the molecule is CC(C)(O)c1cccn2c(C3(C(=O)N=C(N)c4ccncc4)CC3)nnc12. The number of carbonyl (C=O) groups is 1. The Bertz CT molecular complexity index is 1040. The third kappa shape index (κ3) is 2.87. The van der Waals surface area contributed by atoms with Crippen LogP contribution in [0.2, 0.25) is 0 Å². The summed E-state index contributed by atoms with van der Waals surface area (Å²) in [6.45, 7) is 3.38. The van der Waals surface area contributed by atoms with Crippen LogP contribution in [0.3, 0.4) is 0 Å². The van der Waals surface area contributed by atoms with Gasteiger partial charge in [0.05, 0.1) is 5.60 Å². The molecule has 1 fully saturated rings. The van der Waals surface area contributed by atoms with Crippen molar-refractivity contribution in [2.45, 2.75) is 37.7 Å². The highest BCUT2D eigenvalue weighted by molar-refractivity contribution is 6.07. The van der Waals surface area contributed by atoms with E-state index >= 15 is 0 Å². The number of nitrogens with zero attached hydrogens (tertiary/aromatic N) is 5. The minimum atomic E-state index is -1.07. The average molecular weight is 364 g/mol. The molecule has 0 aromatic carbocycles. The number of amidine groups is 1. The van der Waals surface area contributed by atoms with Gasteiger partial charge in [0.2, 0.25) is 0 Å². The van der Waals surface area contributed by atoms with Crippen LogP contribution in [-0.2, 0) is 15.8 Å². The number of pyridine rings is 2. The number of nitrogens with two attached hydrogens (primary N) is 1. The zero-order valence-corrected chi connectivity index (χ0v) is 15.1. The summed E-state index contributed by atoms with van der Waals surface area (Å²) in [5.74, 6) is 0.347. The van der Waals surface area contributed by atoms with Crippen LogP contribution in [0.1, 0.15) is 43.6 Å². The van der Waals surface area contributed by atoms with Crippen molar-refractivity contribution in [3.8, 4) is 0 Å². The smallest absolute Gasteiger partial charge is 0.261 e. The number of hydrogen-bond donors (Lipinski definition) is 2. The summed E-state index contributed by atoms with van der Waals surface area (Å²) in [6.07, 6.45) is 6.25. The van der Waals surface area contributed by atoms with Gasteiger partial charge in [0, 0.05) is 29.7 Å². The molecule has 0 radical (unpaired) electrons. The first kappa shape index (κ1) is 17.3. The van der Waals surface area contributed by atoms with Crippen LogP contribution >= 0.6 is 0 Å². The number of aliphatic imine (C=N–C) groups is 1. The molecule has 8 nitrogen and oxygen atoms in total. The predicted octanol–water partition coefficient (Wildman–Crippen LogP) is 1.32. The van der Waals surface area contributed by atoms with Gasteiger partial charge in [-0.25, -0.2) is 0 Å². The van der Waals surface area contributed by atoms with E-state index in [2.05, 4.69) is 20.2 Å². The fourth-order valence-electron chi connectivity index (χ4n) is 3.18. The molecule has 3 aromatic rings. The van der Waals surface area contributed by atoms with Gasteiger partial charge in [-0.05, 0) is 44.9 Å². The molecular formula is C19H20N6O2. The first-order valence-corrected chi connectivity index (χ1v) is 8.69. The number of aromatic nitrogens is 4. The van der Waals surface area contributed by atoms with E-state index in [0.29, 0.717) is 35.4 Å². The summed E-state index contributed by atoms with van der Waals surface area (Å²) in [5, 5.41) is 18.9. The van der Waals surface area contributed by atoms with E-state index in [1.54, 1.807) is 55.0 Å². The summed E-state index contributed by atoms with van der Waals surface area (Å²) in [5.41, 5.74) is 5.92. The molecule has 4 rings (SSSR count). The fourth-order valence-corrected chi connectivity index (χ4v) is 3.18. The topological polar surface area (TPSA) is 119 Å². The van der Waals surface area contributed by atoms with Gasteiger partial charge in [0.1, 0.15) is 11.3 Å². The first-order chi connectivity index (χ1) is 12.8. The quantitative estimate of drug-likeness (QED) is 0.532. The monoisotopic (exact) mass is 364 g/mol.